The summed E-state index contributed by atoms with van der Waals surface area (Å²) < 4.78 is 12.2. The summed E-state index contributed by atoms with van der Waals surface area (Å²) >= 11 is 1.35. The van der Waals surface area contributed by atoms with Crippen LogP contribution in [0.15, 0.2) is 62.2 Å². The molecule has 0 spiro atoms. The highest BCUT2D eigenvalue weighted by Crippen LogP contribution is 2.40. The number of hydrogen-bond donors (Lipinski definition) is 3. The zero-order valence-corrected chi connectivity index (χ0v) is 19.0. The molecule has 180 valence electrons. The number of amides is 2. The number of hydrogen-bond acceptors (Lipinski definition) is 10. The number of carbonyl (C=O) groups excluding carboxylic acids is 2. The predicted molar refractivity (Wildman–Crippen MR) is 121 cm³/mol. The molecule has 35 heavy (non-hydrogen) atoms. The van der Waals surface area contributed by atoms with E-state index in [9.17, 15) is 19.5 Å². The number of oxazole rings is 1. The highest BCUT2D eigenvalue weighted by Gasteiger charge is 2.54. The number of aliphatic carboxylic acids is 1. The van der Waals surface area contributed by atoms with E-state index in [0.717, 1.165) is 11.8 Å². The molecule has 2 aliphatic heterocycles. The number of nitrogens with two attached hydrogens (primary N) is 1. The van der Waals surface area contributed by atoms with Crippen LogP contribution in [0.3, 0.4) is 0 Å². The van der Waals surface area contributed by atoms with E-state index in [0.29, 0.717) is 16.9 Å². The van der Waals surface area contributed by atoms with Crippen molar-refractivity contribution in [2.75, 3.05) is 18.6 Å². The summed E-state index contributed by atoms with van der Waals surface area (Å²) in [5.41, 5.74) is 7.19. The minimum atomic E-state index is -1.22. The molecule has 3 aromatic heterocycles. The number of nitrogens with zero attached hydrogens (tertiary/aromatic N) is 4. The number of furan rings is 1. The minimum Gasteiger partial charge on any atom is -0.477 e. The lowest BCUT2D eigenvalue weighted by Crippen LogP contribution is -2.71. The van der Waals surface area contributed by atoms with Crippen molar-refractivity contribution in [2.24, 2.45) is 5.16 Å². The molecular formula is C21H19N6O7S+. The number of carboxylic acid groups (broad SMARTS) is 1. The lowest BCUT2D eigenvalue weighted by molar-refractivity contribution is -0.663. The summed E-state index contributed by atoms with van der Waals surface area (Å²) in [6, 6.07) is 4.27. The summed E-state index contributed by atoms with van der Waals surface area (Å²) in [6.45, 7) is 0.261. The number of anilines is 1. The molecule has 3 aromatic rings. The third-order valence-corrected chi connectivity index (χ3v) is 6.90. The van der Waals surface area contributed by atoms with Crippen LogP contribution in [-0.4, -0.2) is 62.8 Å². The van der Waals surface area contributed by atoms with E-state index in [1.807, 2.05) is 16.8 Å². The zero-order valence-electron chi connectivity index (χ0n) is 18.2. The van der Waals surface area contributed by atoms with Gasteiger partial charge in [-0.15, -0.1) is 11.8 Å². The number of rotatable bonds is 7. The molecule has 0 radical (unpaired) electrons. The van der Waals surface area contributed by atoms with Crippen LogP contribution in [0.2, 0.25) is 0 Å². The van der Waals surface area contributed by atoms with Gasteiger partial charge >= 0.3 is 5.97 Å². The summed E-state index contributed by atoms with van der Waals surface area (Å²) in [5, 5.41) is 15.6. The van der Waals surface area contributed by atoms with Crippen molar-refractivity contribution in [1.82, 2.24) is 15.2 Å². The maximum absolute atomic E-state index is 13.0. The molecule has 2 aliphatic rings. The lowest BCUT2D eigenvalue weighted by Gasteiger charge is -2.49. The van der Waals surface area contributed by atoms with Crippen molar-refractivity contribution in [1.29, 1.82) is 0 Å². The van der Waals surface area contributed by atoms with E-state index in [2.05, 4.69) is 15.5 Å². The van der Waals surface area contributed by atoms with Gasteiger partial charge in [-0.3, -0.25) is 14.5 Å². The first kappa shape index (κ1) is 22.5. The summed E-state index contributed by atoms with van der Waals surface area (Å²) in [7, 11) is 1.25. The number of carbonyl (C=O) groups is 3. The van der Waals surface area contributed by atoms with Crippen molar-refractivity contribution in [3.63, 3.8) is 0 Å². The number of nitrogens with one attached hydrogen (secondary N) is 1. The van der Waals surface area contributed by atoms with E-state index in [-0.39, 0.29) is 29.7 Å². The third kappa shape index (κ3) is 3.86. The molecule has 1 fully saturated rings. The monoisotopic (exact) mass is 499 g/mol. The summed E-state index contributed by atoms with van der Waals surface area (Å²) in [6.07, 6.45) is 4.50. The number of oxime groups is 1. The molecule has 5 heterocycles. The van der Waals surface area contributed by atoms with Gasteiger partial charge < -0.3 is 29.8 Å². The van der Waals surface area contributed by atoms with Crippen molar-refractivity contribution < 1.29 is 37.7 Å². The predicted octanol–water partition coefficient (Wildman–Crippen LogP) is 0.0798. The second kappa shape index (κ2) is 8.79. The van der Waals surface area contributed by atoms with Gasteiger partial charge in [0.1, 0.15) is 36.2 Å². The van der Waals surface area contributed by atoms with Gasteiger partial charge in [0.05, 0.1) is 6.26 Å². The molecule has 0 saturated carbocycles. The van der Waals surface area contributed by atoms with Crippen LogP contribution in [-0.2, 0) is 25.8 Å². The SMILES string of the molecule is CO/N=C(\C(=O)NC1C(=O)N2C(C(=O)O)=C(C[n+]3cccc4occc43)CS[C@H]12)c1coc(N)n1. The zero-order chi connectivity index (χ0) is 24.7. The number of aromatic nitrogens is 2. The Labute approximate surface area is 201 Å². The van der Waals surface area contributed by atoms with Crippen molar-refractivity contribution >= 4 is 52.4 Å². The highest BCUT2D eigenvalue weighted by molar-refractivity contribution is 8.00. The van der Waals surface area contributed by atoms with Crippen molar-refractivity contribution in [2.45, 2.75) is 18.0 Å². The largest absolute Gasteiger partial charge is 0.477 e. The van der Waals surface area contributed by atoms with Crippen LogP contribution in [0.25, 0.3) is 11.1 Å². The van der Waals surface area contributed by atoms with Crippen LogP contribution < -0.4 is 15.6 Å². The minimum absolute atomic E-state index is 0.0284. The first-order valence-corrected chi connectivity index (χ1v) is 11.3. The Morgan fingerprint density at radius 3 is 2.97 bits per heavy atom. The molecule has 5 rings (SSSR count). The van der Waals surface area contributed by atoms with Crippen LogP contribution in [0.1, 0.15) is 5.69 Å². The molecule has 1 saturated heterocycles. The Bertz CT molecular complexity index is 1410. The summed E-state index contributed by atoms with van der Waals surface area (Å²) in [4.78, 5) is 47.7. The first-order chi connectivity index (χ1) is 16.9. The van der Waals surface area contributed by atoms with Gasteiger partial charge in [0.2, 0.25) is 0 Å². The van der Waals surface area contributed by atoms with Gasteiger partial charge in [0.25, 0.3) is 23.3 Å². The Morgan fingerprint density at radius 2 is 2.26 bits per heavy atom. The summed E-state index contributed by atoms with van der Waals surface area (Å²) in [5.74, 6) is -2.16. The second-order valence-corrected chi connectivity index (χ2v) is 8.72. The topological polar surface area (TPSA) is 177 Å². The Hall–Kier alpha value is -4.33. The van der Waals surface area contributed by atoms with Gasteiger partial charge in [0.15, 0.2) is 24.0 Å². The quantitative estimate of drug-likeness (QED) is 0.175. The number of β-lactam (4-membered cyclic amide) rings is 1. The molecular weight excluding hydrogens is 480 g/mol. The number of pyridine rings is 1. The van der Waals surface area contributed by atoms with Gasteiger partial charge in [-0.25, -0.2) is 4.79 Å². The van der Waals surface area contributed by atoms with Crippen LogP contribution in [0.4, 0.5) is 6.01 Å². The molecule has 1 unspecified atom stereocenters. The first-order valence-electron chi connectivity index (χ1n) is 10.3. The smallest absolute Gasteiger partial charge is 0.352 e. The Kier molecular flexibility index (Phi) is 5.64. The van der Waals surface area contributed by atoms with Crippen molar-refractivity contribution in [3.8, 4) is 0 Å². The molecule has 2 amide bonds. The fourth-order valence-electron chi connectivity index (χ4n) is 4.04. The number of fused-ring (bicyclic) bond motifs is 2. The number of thioether (sulfide) groups is 1. The van der Waals surface area contributed by atoms with Crippen LogP contribution >= 0.6 is 11.8 Å². The van der Waals surface area contributed by atoms with E-state index in [1.54, 1.807) is 18.4 Å². The van der Waals surface area contributed by atoms with Crippen molar-refractivity contribution in [3.05, 3.63) is 53.9 Å². The molecule has 14 heteroatoms. The number of nitrogen functional groups attached to an aromatic ring is 1. The molecule has 0 aromatic carbocycles. The van der Waals surface area contributed by atoms with E-state index >= 15 is 0 Å². The van der Waals surface area contributed by atoms with Crippen LogP contribution in [0, 0.1) is 0 Å². The molecule has 0 aliphatic carbocycles. The van der Waals surface area contributed by atoms with Gasteiger partial charge in [-0.1, -0.05) is 5.16 Å². The second-order valence-electron chi connectivity index (χ2n) is 7.62. The molecule has 0 bridgehead atoms. The average molecular weight is 499 g/mol. The van der Waals surface area contributed by atoms with E-state index < -0.39 is 29.2 Å². The number of carboxylic acids is 1. The fraction of sp³-hybridized carbons (Fsp3) is 0.238. The van der Waals surface area contributed by atoms with Gasteiger partial charge in [-0.05, 0) is 6.07 Å². The highest BCUT2D eigenvalue weighted by atomic mass is 32.2. The molecule has 4 N–H and O–H groups in total. The maximum atomic E-state index is 13.0. The normalized spacial score (nSPS) is 20.0. The third-order valence-electron chi connectivity index (χ3n) is 5.56. The lowest BCUT2D eigenvalue weighted by atomic mass is 10.0. The molecule has 2 atom stereocenters. The van der Waals surface area contributed by atoms with Crippen LogP contribution in [0.5, 0.6) is 0 Å². The maximum Gasteiger partial charge on any atom is 0.352 e. The average Bonchev–Trinajstić information content (AvgIpc) is 3.49. The van der Waals surface area contributed by atoms with E-state index in [4.69, 9.17) is 19.4 Å². The van der Waals surface area contributed by atoms with Gasteiger partial charge in [0, 0.05) is 23.5 Å². The fourth-order valence-corrected chi connectivity index (χ4v) is 5.38. The van der Waals surface area contributed by atoms with E-state index in [1.165, 1.54) is 23.8 Å². The Morgan fingerprint density at radius 1 is 1.43 bits per heavy atom. The standard InChI is InChI=1S/C21H18N6O7S/c1-32-25-14(11-8-34-21(22)23-11)17(28)24-15-18(29)27-16(20(30)31)10(9-35-19(15)27)7-26-5-2-3-13-12(26)4-6-33-13/h2-6,8,15,19H,7,9H2,1H3,(H3-,22,23,24,28,30,31)/p+1/b25-14-/t15?,19-/m1/s1. The Balaban J connectivity index is 1.38. The van der Waals surface area contributed by atoms with Gasteiger partial charge in [-0.2, -0.15) is 9.55 Å². The molecule has 13 nitrogen and oxygen atoms in total.